The van der Waals surface area contributed by atoms with Crippen molar-refractivity contribution >= 4 is 37.2 Å². The minimum Gasteiger partial charge on any atom is -0.314 e. The van der Waals surface area contributed by atoms with Crippen molar-refractivity contribution in [3.05, 3.63) is 0 Å². The summed E-state index contributed by atoms with van der Waals surface area (Å²) in [4.78, 5) is 7.80. The van der Waals surface area contributed by atoms with Gasteiger partial charge in [0, 0.05) is 51.4 Å². The highest BCUT2D eigenvalue weighted by Crippen LogP contribution is 2.17. The number of likely N-dealkylation sites (N-methyl/N-ethyl adjacent to an activating group) is 1. The maximum atomic E-state index is 3.42. The Bertz CT molecular complexity index is 255. The van der Waals surface area contributed by atoms with Gasteiger partial charge in [0.05, 0.1) is 0 Å². The fourth-order valence-corrected chi connectivity index (χ4v) is 3.26. The Morgan fingerprint density at radius 2 is 1.55 bits per heavy atom. The molecule has 0 aromatic heterocycles. The number of nitrogens with one attached hydrogen (secondary N) is 1. The van der Waals surface area contributed by atoms with Gasteiger partial charge >= 0.3 is 0 Å². The van der Waals surface area contributed by atoms with E-state index in [1.807, 2.05) is 0 Å². The van der Waals surface area contributed by atoms with Crippen LogP contribution in [0.3, 0.4) is 0 Å². The van der Waals surface area contributed by atoms with Gasteiger partial charge in [-0.25, -0.2) is 0 Å². The summed E-state index contributed by atoms with van der Waals surface area (Å²) in [5, 5.41) is 3.42. The van der Waals surface area contributed by atoms with E-state index in [0.29, 0.717) is 6.04 Å². The zero-order chi connectivity index (χ0) is 13.7. The van der Waals surface area contributed by atoms with Crippen LogP contribution in [0.25, 0.3) is 0 Å². The summed E-state index contributed by atoms with van der Waals surface area (Å²) in [6.07, 6.45) is 2.69. The van der Waals surface area contributed by atoms with Crippen LogP contribution in [0.1, 0.15) is 26.7 Å². The molecule has 0 atom stereocenters. The van der Waals surface area contributed by atoms with Gasteiger partial charge in [-0.05, 0) is 46.8 Å². The normalized spacial score (nSPS) is 21.1. The molecule has 7 heteroatoms. The standard InChI is InChI=1S/C15H32N4.3ClH/c1-14(2)19-8-4-15(5-9-19)17(3)12-13-18-10-6-16-7-11-18;;;/h14-16H,4-13H2,1-3H3;3*1H. The monoisotopic (exact) mass is 376 g/mol. The largest absolute Gasteiger partial charge is 0.314 e. The average molecular weight is 378 g/mol. The smallest absolute Gasteiger partial charge is 0.0117 e. The summed E-state index contributed by atoms with van der Waals surface area (Å²) in [5.41, 5.74) is 0. The highest BCUT2D eigenvalue weighted by Gasteiger charge is 2.23. The molecule has 22 heavy (non-hydrogen) atoms. The molecule has 2 aliphatic rings. The first-order valence-electron chi connectivity index (χ1n) is 8.04. The minimum atomic E-state index is 0. The molecule has 2 aliphatic heterocycles. The van der Waals surface area contributed by atoms with Gasteiger partial charge in [0.2, 0.25) is 0 Å². The SMILES string of the molecule is CC(C)N1CCC(N(C)CCN2CCNCC2)CC1.Cl.Cl.Cl. The number of piperazine rings is 1. The Balaban J connectivity index is 0. The molecule has 0 radical (unpaired) electrons. The molecule has 0 aliphatic carbocycles. The van der Waals surface area contributed by atoms with E-state index in [1.165, 1.54) is 52.1 Å². The van der Waals surface area contributed by atoms with E-state index < -0.39 is 0 Å². The maximum absolute atomic E-state index is 3.42. The van der Waals surface area contributed by atoms with Crippen LogP contribution >= 0.6 is 37.2 Å². The molecule has 0 amide bonds. The number of likely N-dealkylation sites (tertiary alicyclic amines) is 1. The van der Waals surface area contributed by atoms with Crippen LogP contribution in [0.4, 0.5) is 0 Å². The Kier molecular flexibility index (Phi) is 14.8. The molecule has 4 nitrogen and oxygen atoms in total. The lowest BCUT2D eigenvalue weighted by Crippen LogP contribution is -2.49. The Morgan fingerprint density at radius 1 is 1.00 bits per heavy atom. The number of piperidine rings is 1. The van der Waals surface area contributed by atoms with Gasteiger partial charge in [-0.3, -0.25) is 4.90 Å². The Hall–Kier alpha value is 0.710. The second-order valence-corrected chi connectivity index (χ2v) is 6.43. The van der Waals surface area contributed by atoms with Crippen molar-refractivity contribution < 1.29 is 0 Å². The minimum absolute atomic E-state index is 0. The molecule has 2 rings (SSSR count). The van der Waals surface area contributed by atoms with Crippen LogP contribution < -0.4 is 5.32 Å². The van der Waals surface area contributed by atoms with Gasteiger partial charge in [0.1, 0.15) is 0 Å². The maximum Gasteiger partial charge on any atom is 0.0117 e. The lowest BCUT2D eigenvalue weighted by atomic mass is 10.0. The molecule has 0 saturated carbocycles. The summed E-state index contributed by atoms with van der Waals surface area (Å²) < 4.78 is 0. The summed E-state index contributed by atoms with van der Waals surface area (Å²) >= 11 is 0. The first-order valence-corrected chi connectivity index (χ1v) is 8.04. The van der Waals surface area contributed by atoms with E-state index in [9.17, 15) is 0 Å². The predicted molar refractivity (Wildman–Crippen MR) is 103 cm³/mol. The van der Waals surface area contributed by atoms with Crippen molar-refractivity contribution in [1.82, 2.24) is 20.0 Å². The molecule has 0 aromatic rings. The molecule has 2 heterocycles. The number of rotatable bonds is 5. The summed E-state index contributed by atoms with van der Waals surface area (Å²) in [6.45, 7) is 14.4. The fraction of sp³-hybridized carbons (Fsp3) is 1.00. The van der Waals surface area contributed by atoms with Gasteiger partial charge < -0.3 is 15.1 Å². The number of hydrogen-bond donors (Lipinski definition) is 1. The third kappa shape index (κ3) is 8.00. The predicted octanol–water partition coefficient (Wildman–Crippen LogP) is 1.96. The molecule has 136 valence electrons. The first-order chi connectivity index (χ1) is 9.16. The molecule has 2 saturated heterocycles. The summed E-state index contributed by atoms with van der Waals surface area (Å²) in [5.74, 6) is 0. The molecule has 0 bridgehead atoms. The Labute approximate surface area is 155 Å². The van der Waals surface area contributed by atoms with Crippen molar-refractivity contribution in [2.75, 3.05) is 59.4 Å². The van der Waals surface area contributed by atoms with E-state index in [0.717, 1.165) is 19.1 Å². The molecular formula is C15H35Cl3N4. The summed E-state index contributed by atoms with van der Waals surface area (Å²) in [6, 6.07) is 1.52. The van der Waals surface area contributed by atoms with E-state index in [2.05, 4.69) is 40.9 Å². The summed E-state index contributed by atoms with van der Waals surface area (Å²) in [7, 11) is 2.32. The molecule has 2 fully saturated rings. The Morgan fingerprint density at radius 3 is 2.05 bits per heavy atom. The van der Waals surface area contributed by atoms with Crippen LogP contribution in [0.2, 0.25) is 0 Å². The second kappa shape index (κ2) is 13.1. The van der Waals surface area contributed by atoms with E-state index in [1.54, 1.807) is 0 Å². The molecule has 1 N–H and O–H groups in total. The van der Waals surface area contributed by atoms with Crippen molar-refractivity contribution in [3.63, 3.8) is 0 Å². The lowest BCUT2D eigenvalue weighted by molar-refractivity contribution is 0.0981. The van der Waals surface area contributed by atoms with Crippen LogP contribution in [0.5, 0.6) is 0 Å². The number of nitrogens with zero attached hydrogens (tertiary/aromatic N) is 3. The third-order valence-corrected chi connectivity index (χ3v) is 4.83. The second-order valence-electron chi connectivity index (χ2n) is 6.43. The quantitative estimate of drug-likeness (QED) is 0.790. The van der Waals surface area contributed by atoms with Crippen LogP contribution in [-0.4, -0.2) is 86.2 Å². The number of hydrogen-bond acceptors (Lipinski definition) is 4. The van der Waals surface area contributed by atoms with Gasteiger partial charge in [-0.2, -0.15) is 0 Å². The van der Waals surface area contributed by atoms with Crippen LogP contribution in [-0.2, 0) is 0 Å². The van der Waals surface area contributed by atoms with Crippen LogP contribution in [0.15, 0.2) is 0 Å². The van der Waals surface area contributed by atoms with Crippen molar-refractivity contribution in [2.45, 2.75) is 38.8 Å². The number of halogens is 3. The average Bonchev–Trinajstić information content (AvgIpc) is 2.46. The molecule has 0 aromatic carbocycles. The van der Waals surface area contributed by atoms with Gasteiger partial charge in [-0.1, -0.05) is 0 Å². The van der Waals surface area contributed by atoms with Crippen LogP contribution in [0, 0.1) is 0 Å². The third-order valence-electron chi connectivity index (χ3n) is 4.83. The van der Waals surface area contributed by atoms with E-state index in [4.69, 9.17) is 0 Å². The highest BCUT2D eigenvalue weighted by atomic mass is 35.5. The molecular weight excluding hydrogens is 343 g/mol. The van der Waals surface area contributed by atoms with Crippen molar-refractivity contribution in [1.29, 1.82) is 0 Å². The highest BCUT2D eigenvalue weighted by molar-refractivity contribution is 5.86. The molecule has 0 spiro atoms. The zero-order valence-corrected chi connectivity index (χ0v) is 16.7. The zero-order valence-electron chi connectivity index (χ0n) is 14.3. The van der Waals surface area contributed by atoms with E-state index >= 15 is 0 Å². The van der Waals surface area contributed by atoms with Gasteiger partial charge in [-0.15, -0.1) is 37.2 Å². The van der Waals surface area contributed by atoms with Crippen molar-refractivity contribution in [2.24, 2.45) is 0 Å². The van der Waals surface area contributed by atoms with Gasteiger partial charge in [0.25, 0.3) is 0 Å². The van der Waals surface area contributed by atoms with Crippen molar-refractivity contribution in [3.8, 4) is 0 Å². The molecule has 0 unspecified atom stereocenters. The lowest BCUT2D eigenvalue weighted by Gasteiger charge is -2.39. The topological polar surface area (TPSA) is 21.8 Å². The fourth-order valence-electron chi connectivity index (χ4n) is 3.26. The first kappa shape index (κ1) is 25.0. The van der Waals surface area contributed by atoms with E-state index in [-0.39, 0.29) is 37.2 Å². The van der Waals surface area contributed by atoms with Gasteiger partial charge in [0.15, 0.2) is 0 Å².